The number of aryl methyl sites for hydroxylation is 1. The summed E-state index contributed by atoms with van der Waals surface area (Å²) in [6, 6.07) is 9.20. The molecule has 0 unspecified atom stereocenters. The molecule has 1 amide bonds. The maximum Gasteiger partial charge on any atom is 0.249 e. The number of ether oxygens (including phenoxy) is 1. The Balaban J connectivity index is 1.88. The van der Waals surface area contributed by atoms with Gasteiger partial charge in [-0.15, -0.1) is 0 Å². The number of nitrogens with zero attached hydrogens (tertiary/aromatic N) is 1. The molecule has 1 heterocycles. The van der Waals surface area contributed by atoms with Crippen molar-refractivity contribution in [3.05, 3.63) is 29.8 Å². The monoisotopic (exact) mass is 314 g/mol. The minimum atomic E-state index is -1.26. The van der Waals surface area contributed by atoms with Crippen LogP contribution in [0.2, 0.25) is 0 Å². The van der Waals surface area contributed by atoms with E-state index in [-0.39, 0.29) is 18.3 Å². The molecule has 2 atom stereocenters. The molecule has 1 aromatic carbocycles. The lowest BCUT2D eigenvalue weighted by atomic mass is 9.98. The Morgan fingerprint density at radius 2 is 2.13 bits per heavy atom. The zero-order valence-electron chi connectivity index (χ0n) is 13.4. The second-order valence-corrected chi connectivity index (χ2v) is 5.74. The van der Waals surface area contributed by atoms with Crippen molar-refractivity contribution < 1.29 is 14.3 Å². The Bertz CT molecular complexity index is 583. The Morgan fingerprint density at radius 3 is 2.70 bits per heavy atom. The van der Waals surface area contributed by atoms with Crippen LogP contribution < -0.4 is 5.32 Å². The molecule has 0 saturated carbocycles. The summed E-state index contributed by atoms with van der Waals surface area (Å²) < 4.78 is 5.46. The fraction of sp³-hybridized carbons (Fsp3) is 0.500. The molecule has 1 aliphatic rings. The zero-order chi connectivity index (χ0) is 16.7. The van der Waals surface area contributed by atoms with Gasteiger partial charge in [-0.1, -0.05) is 19.1 Å². The molecule has 1 saturated heterocycles. The highest BCUT2D eigenvalue weighted by Crippen LogP contribution is 2.19. The number of nitriles is 1. The Kier molecular flexibility index (Phi) is 6.30. The van der Waals surface area contributed by atoms with E-state index in [0.29, 0.717) is 12.1 Å². The first-order valence-corrected chi connectivity index (χ1v) is 8.07. The third-order valence-electron chi connectivity index (χ3n) is 4.08. The number of nitrogens with one attached hydrogen (secondary N) is 1. The van der Waals surface area contributed by atoms with E-state index in [1.165, 1.54) is 0 Å². The van der Waals surface area contributed by atoms with E-state index in [0.717, 1.165) is 31.4 Å². The fourth-order valence-electron chi connectivity index (χ4n) is 2.63. The number of benzene rings is 1. The number of hydrogen-bond acceptors (Lipinski definition) is 4. The summed E-state index contributed by atoms with van der Waals surface area (Å²) in [5.74, 6) is -2.16. The standard InChI is InChI=1S/C18H22N2O3/c1-2-13-5-7-14(8-6-13)20-18(22)16(12-19)17(21)10-9-15-4-3-11-23-15/h5-8,15-16H,2-4,9-11H2,1H3,(H,20,22)/t15-,16+/m1/s1. The van der Waals surface area contributed by atoms with Gasteiger partial charge in [0.1, 0.15) is 0 Å². The van der Waals surface area contributed by atoms with Crippen LogP contribution in [0.1, 0.15) is 38.2 Å². The minimum Gasteiger partial charge on any atom is -0.378 e. The predicted molar refractivity (Wildman–Crippen MR) is 86.8 cm³/mol. The second kappa shape index (κ2) is 8.44. The average molecular weight is 314 g/mol. The molecule has 5 nitrogen and oxygen atoms in total. The first-order valence-electron chi connectivity index (χ1n) is 8.07. The summed E-state index contributed by atoms with van der Waals surface area (Å²) in [5.41, 5.74) is 1.76. The van der Waals surface area contributed by atoms with Crippen LogP contribution in [0.25, 0.3) is 0 Å². The van der Waals surface area contributed by atoms with Crippen molar-refractivity contribution in [3.63, 3.8) is 0 Å². The van der Waals surface area contributed by atoms with E-state index in [1.54, 1.807) is 12.1 Å². The molecule has 5 heteroatoms. The van der Waals surface area contributed by atoms with E-state index in [9.17, 15) is 9.59 Å². The first-order chi connectivity index (χ1) is 11.1. The van der Waals surface area contributed by atoms with Crippen molar-refractivity contribution in [1.29, 1.82) is 5.26 Å². The molecular formula is C18H22N2O3. The number of carbonyl (C=O) groups excluding carboxylic acids is 2. The Morgan fingerprint density at radius 1 is 1.39 bits per heavy atom. The van der Waals surface area contributed by atoms with Crippen LogP contribution >= 0.6 is 0 Å². The molecule has 0 radical (unpaired) electrons. The molecule has 0 spiro atoms. The van der Waals surface area contributed by atoms with Gasteiger partial charge in [0.05, 0.1) is 12.2 Å². The van der Waals surface area contributed by atoms with Gasteiger partial charge in [-0.3, -0.25) is 9.59 Å². The van der Waals surface area contributed by atoms with Crippen molar-refractivity contribution in [1.82, 2.24) is 0 Å². The van der Waals surface area contributed by atoms with Gasteiger partial charge in [0, 0.05) is 18.7 Å². The van der Waals surface area contributed by atoms with Crippen molar-refractivity contribution in [3.8, 4) is 6.07 Å². The number of rotatable bonds is 7. The molecule has 1 N–H and O–H groups in total. The zero-order valence-corrected chi connectivity index (χ0v) is 13.4. The van der Waals surface area contributed by atoms with E-state index >= 15 is 0 Å². The highest BCUT2D eigenvalue weighted by molar-refractivity contribution is 6.09. The number of hydrogen-bond donors (Lipinski definition) is 1. The summed E-state index contributed by atoms with van der Waals surface area (Å²) in [6.45, 7) is 2.78. The van der Waals surface area contributed by atoms with E-state index in [4.69, 9.17) is 10.00 Å². The SMILES string of the molecule is CCc1ccc(NC(=O)[C@@H](C#N)C(=O)CC[C@H]2CCCO2)cc1. The summed E-state index contributed by atoms with van der Waals surface area (Å²) in [5, 5.41) is 11.8. The first kappa shape index (κ1) is 17.2. The number of carbonyl (C=O) groups is 2. The van der Waals surface area contributed by atoms with Crippen LogP contribution in [0.15, 0.2) is 24.3 Å². The summed E-state index contributed by atoms with van der Waals surface area (Å²) in [6.07, 6.45) is 3.73. The molecular weight excluding hydrogens is 292 g/mol. The average Bonchev–Trinajstić information content (AvgIpc) is 3.08. The highest BCUT2D eigenvalue weighted by Gasteiger charge is 2.27. The van der Waals surface area contributed by atoms with Gasteiger partial charge >= 0.3 is 0 Å². The quantitative estimate of drug-likeness (QED) is 0.785. The molecule has 1 aliphatic heterocycles. The van der Waals surface area contributed by atoms with E-state index < -0.39 is 11.8 Å². The number of Topliss-reactive ketones (excluding diaryl/α,β-unsaturated/α-hetero) is 1. The van der Waals surface area contributed by atoms with Crippen LogP contribution in [0.3, 0.4) is 0 Å². The van der Waals surface area contributed by atoms with Gasteiger partial charge < -0.3 is 10.1 Å². The van der Waals surface area contributed by atoms with Gasteiger partial charge in [-0.05, 0) is 43.4 Å². The normalized spacial score (nSPS) is 18.2. The van der Waals surface area contributed by atoms with Crippen molar-refractivity contribution in [2.75, 3.05) is 11.9 Å². The van der Waals surface area contributed by atoms with Crippen molar-refractivity contribution >= 4 is 17.4 Å². The Labute approximate surface area is 136 Å². The maximum atomic E-state index is 12.2. The van der Waals surface area contributed by atoms with Gasteiger partial charge in [0.15, 0.2) is 11.7 Å². The number of amides is 1. The molecule has 1 aromatic rings. The van der Waals surface area contributed by atoms with Crippen LogP contribution in [0.4, 0.5) is 5.69 Å². The molecule has 0 aliphatic carbocycles. The topological polar surface area (TPSA) is 79.2 Å². The maximum absolute atomic E-state index is 12.2. The van der Waals surface area contributed by atoms with Crippen molar-refractivity contribution in [2.24, 2.45) is 5.92 Å². The molecule has 122 valence electrons. The van der Waals surface area contributed by atoms with Gasteiger partial charge in [-0.25, -0.2) is 0 Å². The van der Waals surface area contributed by atoms with E-state index in [1.807, 2.05) is 25.1 Å². The number of ketones is 1. The fourth-order valence-corrected chi connectivity index (χ4v) is 2.63. The Hall–Kier alpha value is -2.19. The van der Waals surface area contributed by atoms with Crippen molar-refractivity contribution in [2.45, 2.75) is 45.1 Å². The molecule has 2 rings (SSSR count). The minimum absolute atomic E-state index is 0.0861. The largest absolute Gasteiger partial charge is 0.378 e. The molecule has 23 heavy (non-hydrogen) atoms. The van der Waals surface area contributed by atoms with Gasteiger partial charge in [0.25, 0.3) is 0 Å². The lowest BCUT2D eigenvalue weighted by Gasteiger charge is -2.12. The third-order valence-corrected chi connectivity index (χ3v) is 4.08. The summed E-state index contributed by atoms with van der Waals surface area (Å²) >= 11 is 0. The van der Waals surface area contributed by atoms with Crippen LogP contribution in [0, 0.1) is 17.2 Å². The lowest BCUT2D eigenvalue weighted by molar-refractivity contribution is -0.129. The molecule has 0 bridgehead atoms. The smallest absolute Gasteiger partial charge is 0.249 e. The van der Waals surface area contributed by atoms with Crippen LogP contribution in [-0.4, -0.2) is 24.4 Å². The second-order valence-electron chi connectivity index (χ2n) is 5.74. The third kappa shape index (κ3) is 4.90. The molecule has 0 aromatic heterocycles. The van der Waals surface area contributed by atoms with Crippen LogP contribution in [0.5, 0.6) is 0 Å². The van der Waals surface area contributed by atoms with Crippen LogP contribution in [-0.2, 0) is 20.7 Å². The lowest BCUT2D eigenvalue weighted by Crippen LogP contribution is -2.29. The summed E-state index contributed by atoms with van der Waals surface area (Å²) in [7, 11) is 0. The number of anilines is 1. The van der Waals surface area contributed by atoms with Gasteiger partial charge in [-0.2, -0.15) is 5.26 Å². The summed E-state index contributed by atoms with van der Waals surface area (Å²) in [4.78, 5) is 24.3. The predicted octanol–water partition coefficient (Wildman–Crippen LogP) is 2.86. The highest BCUT2D eigenvalue weighted by atomic mass is 16.5. The van der Waals surface area contributed by atoms with E-state index in [2.05, 4.69) is 5.32 Å². The molecule has 1 fully saturated rings. The van der Waals surface area contributed by atoms with Gasteiger partial charge in [0.2, 0.25) is 5.91 Å².